The van der Waals surface area contributed by atoms with Gasteiger partial charge in [-0.05, 0) is 40.0 Å². The molecule has 1 aliphatic rings. The summed E-state index contributed by atoms with van der Waals surface area (Å²) in [6.07, 6.45) is 3.48. The van der Waals surface area contributed by atoms with Gasteiger partial charge in [0, 0.05) is 16.2 Å². The molecule has 0 atom stereocenters. The third-order valence-corrected chi connectivity index (χ3v) is 4.04. The van der Waals surface area contributed by atoms with Crippen LogP contribution in [0.5, 0.6) is 0 Å². The molecule has 0 saturated heterocycles. The number of halogens is 1. The lowest BCUT2D eigenvalue weighted by Crippen LogP contribution is -2.24. The van der Waals surface area contributed by atoms with Crippen LogP contribution in [0.15, 0.2) is 41.1 Å². The van der Waals surface area contributed by atoms with E-state index >= 15 is 0 Å². The predicted molar refractivity (Wildman–Crippen MR) is 73.6 cm³/mol. The number of carbonyl (C=O) groups excluding carboxylic acids is 1. The highest BCUT2D eigenvalue weighted by molar-refractivity contribution is 9.10. The smallest absolute Gasteiger partial charge is 0.258 e. The summed E-state index contributed by atoms with van der Waals surface area (Å²) in [6, 6.07) is 7.72. The van der Waals surface area contributed by atoms with Gasteiger partial charge in [0.15, 0.2) is 0 Å². The molecule has 0 aliphatic carbocycles. The van der Waals surface area contributed by atoms with Crippen molar-refractivity contribution in [2.75, 3.05) is 4.90 Å². The maximum atomic E-state index is 12.3. The van der Waals surface area contributed by atoms with Crippen molar-refractivity contribution in [3.05, 3.63) is 57.8 Å². The van der Waals surface area contributed by atoms with Gasteiger partial charge >= 0.3 is 0 Å². The van der Waals surface area contributed by atoms with E-state index in [1.807, 2.05) is 31.2 Å². The van der Waals surface area contributed by atoms with E-state index < -0.39 is 0 Å². The van der Waals surface area contributed by atoms with E-state index in [0.717, 1.165) is 26.9 Å². The van der Waals surface area contributed by atoms with Crippen LogP contribution in [0.1, 0.15) is 21.5 Å². The molecule has 3 nitrogen and oxygen atoms in total. The molecule has 0 unspecified atom stereocenters. The highest BCUT2D eigenvalue weighted by Gasteiger charge is 2.29. The van der Waals surface area contributed by atoms with Gasteiger partial charge in [-0.15, -0.1) is 0 Å². The second kappa shape index (κ2) is 4.21. The van der Waals surface area contributed by atoms with Crippen LogP contribution in [-0.2, 0) is 6.54 Å². The topological polar surface area (TPSA) is 33.2 Å². The van der Waals surface area contributed by atoms with Crippen LogP contribution in [0, 0.1) is 6.92 Å². The zero-order valence-electron chi connectivity index (χ0n) is 9.85. The Morgan fingerprint density at radius 3 is 2.83 bits per heavy atom. The molecule has 1 aliphatic heterocycles. The molecule has 1 amide bonds. The van der Waals surface area contributed by atoms with Gasteiger partial charge in [-0.25, -0.2) is 0 Å². The molecule has 0 radical (unpaired) electrons. The molecule has 3 rings (SSSR count). The van der Waals surface area contributed by atoms with E-state index in [9.17, 15) is 4.79 Å². The monoisotopic (exact) mass is 302 g/mol. The van der Waals surface area contributed by atoms with Crippen molar-refractivity contribution in [2.45, 2.75) is 13.5 Å². The van der Waals surface area contributed by atoms with E-state index in [-0.39, 0.29) is 5.91 Å². The van der Waals surface area contributed by atoms with E-state index in [4.69, 9.17) is 0 Å². The molecule has 0 saturated carbocycles. The first-order chi connectivity index (χ1) is 8.68. The van der Waals surface area contributed by atoms with E-state index in [2.05, 4.69) is 20.9 Å². The van der Waals surface area contributed by atoms with Gasteiger partial charge in [-0.3, -0.25) is 9.78 Å². The first-order valence-electron chi connectivity index (χ1n) is 5.68. The molecule has 1 aromatic heterocycles. The zero-order valence-corrected chi connectivity index (χ0v) is 11.4. The molecule has 0 N–H and O–H groups in total. The van der Waals surface area contributed by atoms with Crippen LogP contribution < -0.4 is 4.90 Å². The molecule has 0 fully saturated rings. The van der Waals surface area contributed by atoms with Crippen molar-refractivity contribution in [1.82, 2.24) is 4.98 Å². The molecule has 2 aromatic rings. The van der Waals surface area contributed by atoms with Gasteiger partial charge in [0.25, 0.3) is 5.91 Å². The average Bonchev–Trinajstić information content (AvgIpc) is 2.71. The first-order valence-corrected chi connectivity index (χ1v) is 6.47. The van der Waals surface area contributed by atoms with Gasteiger partial charge in [0.2, 0.25) is 0 Å². The minimum Gasteiger partial charge on any atom is -0.302 e. The minimum atomic E-state index is 0.0496. The quantitative estimate of drug-likeness (QED) is 0.810. The number of hydrogen-bond acceptors (Lipinski definition) is 2. The Balaban J connectivity index is 2.07. The lowest BCUT2D eigenvalue weighted by Gasteiger charge is -2.18. The van der Waals surface area contributed by atoms with Crippen LogP contribution in [0.3, 0.4) is 0 Å². The summed E-state index contributed by atoms with van der Waals surface area (Å²) >= 11 is 3.45. The number of carbonyl (C=O) groups is 1. The first kappa shape index (κ1) is 11.4. The largest absolute Gasteiger partial charge is 0.302 e. The lowest BCUT2D eigenvalue weighted by molar-refractivity contribution is 0.0996. The Hall–Kier alpha value is -1.68. The van der Waals surface area contributed by atoms with Gasteiger partial charge in [0.1, 0.15) is 0 Å². The fourth-order valence-corrected chi connectivity index (χ4v) is 2.53. The summed E-state index contributed by atoms with van der Waals surface area (Å²) < 4.78 is 0.920. The standard InChI is InChI=1S/C14H11BrN2O/c1-9-12(15)6-16-7-13(9)17-8-10-4-2-3-5-11(10)14(17)18/h2-7H,8H2,1H3. The summed E-state index contributed by atoms with van der Waals surface area (Å²) in [5.41, 5.74) is 3.76. The molecule has 18 heavy (non-hydrogen) atoms. The van der Waals surface area contributed by atoms with Crippen LogP contribution in [-0.4, -0.2) is 10.9 Å². The van der Waals surface area contributed by atoms with Crippen molar-refractivity contribution in [3.8, 4) is 0 Å². The Labute approximate surface area is 114 Å². The highest BCUT2D eigenvalue weighted by Crippen LogP contribution is 2.32. The fraction of sp³-hybridized carbons (Fsp3) is 0.143. The third-order valence-electron chi connectivity index (χ3n) is 3.24. The Kier molecular flexibility index (Phi) is 2.67. The number of rotatable bonds is 1. The maximum Gasteiger partial charge on any atom is 0.258 e. The normalized spacial score (nSPS) is 13.9. The number of fused-ring (bicyclic) bond motifs is 1. The van der Waals surface area contributed by atoms with Crippen LogP contribution in [0.2, 0.25) is 0 Å². The van der Waals surface area contributed by atoms with Crippen molar-refractivity contribution in [3.63, 3.8) is 0 Å². The summed E-state index contributed by atoms with van der Waals surface area (Å²) in [5, 5.41) is 0. The Bertz CT molecular complexity index is 639. The van der Waals surface area contributed by atoms with E-state index in [0.29, 0.717) is 6.54 Å². The number of anilines is 1. The molecular weight excluding hydrogens is 292 g/mol. The second-order valence-electron chi connectivity index (χ2n) is 4.31. The van der Waals surface area contributed by atoms with Gasteiger partial charge in [-0.1, -0.05) is 18.2 Å². The van der Waals surface area contributed by atoms with Gasteiger partial charge in [-0.2, -0.15) is 0 Å². The molecule has 1 aromatic carbocycles. The summed E-state index contributed by atoms with van der Waals surface area (Å²) in [5.74, 6) is 0.0496. The Morgan fingerprint density at radius 2 is 2.06 bits per heavy atom. The lowest BCUT2D eigenvalue weighted by atomic mass is 10.1. The van der Waals surface area contributed by atoms with Crippen molar-refractivity contribution in [2.24, 2.45) is 0 Å². The van der Waals surface area contributed by atoms with Crippen LogP contribution in [0.25, 0.3) is 0 Å². The number of benzene rings is 1. The molecule has 0 bridgehead atoms. The van der Waals surface area contributed by atoms with Crippen LogP contribution >= 0.6 is 15.9 Å². The van der Waals surface area contributed by atoms with E-state index in [1.165, 1.54) is 0 Å². The number of pyridine rings is 1. The number of aromatic nitrogens is 1. The predicted octanol–water partition coefficient (Wildman–Crippen LogP) is 3.31. The fourth-order valence-electron chi connectivity index (χ4n) is 2.21. The second-order valence-corrected chi connectivity index (χ2v) is 5.17. The number of hydrogen-bond donors (Lipinski definition) is 0. The van der Waals surface area contributed by atoms with Crippen molar-refractivity contribution < 1.29 is 4.79 Å². The summed E-state index contributed by atoms with van der Waals surface area (Å²) in [4.78, 5) is 18.3. The number of nitrogens with zero attached hydrogens (tertiary/aromatic N) is 2. The van der Waals surface area contributed by atoms with Gasteiger partial charge < -0.3 is 4.90 Å². The number of amides is 1. The van der Waals surface area contributed by atoms with Crippen molar-refractivity contribution >= 4 is 27.5 Å². The van der Waals surface area contributed by atoms with Crippen LogP contribution in [0.4, 0.5) is 5.69 Å². The third kappa shape index (κ3) is 1.64. The summed E-state index contributed by atoms with van der Waals surface area (Å²) in [6.45, 7) is 2.60. The zero-order chi connectivity index (χ0) is 12.7. The summed E-state index contributed by atoms with van der Waals surface area (Å²) in [7, 11) is 0. The minimum absolute atomic E-state index is 0.0496. The van der Waals surface area contributed by atoms with E-state index in [1.54, 1.807) is 17.3 Å². The van der Waals surface area contributed by atoms with Crippen molar-refractivity contribution in [1.29, 1.82) is 0 Å². The maximum absolute atomic E-state index is 12.3. The molecule has 2 heterocycles. The molecular formula is C14H11BrN2O. The molecule has 4 heteroatoms. The average molecular weight is 303 g/mol. The molecule has 0 spiro atoms. The SMILES string of the molecule is Cc1c(Br)cncc1N1Cc2ccccc2C1=O. The Morgan fingerprint density at radius 1 is 1.28 bits per heavy atom. The van der Waals surface area contributed by atoms with Gasteiger partial charge in [0.05, 0.1) is 18.4 Å². The highest BCUT2D eigenvalue weighted by atomic mass is 79.9. The molecule has 90 valence electrons.